The van der Waals surface area contributed by atoms with Gasteiger partial charge in [0.25, 0.3) is 11.6 Å². The van der Waals surface area contributed by atoms with Crippen LogP contribution >= 0.6 is 22.9 Å². The topological polar surface area (TPSA) is 85.1 Å². The Labute approximate surface area is 129 Å². The van der Waals surface area contributed by atoms with Crippen LogP contribution in [0.2, 0.25) is 5.02 Å². The number of nitro groups is 1. The standard InChI is InChI=1S/C13H12ClN3O3S/c1-8-16-10(7-21-8)4-5-15-13(18)9-2-3-11(14)12(6-9)17(19)20/h2-3,6-7H,4-5H2,1H3,(H,15,18). The molecule has 2 aromatic rings. The predicted molar refractivity (Wildman–Crippen MR) is 81.0 cm³/mol. The number of benzene rings is 1. The number of nitro benzene ring substituents is 1. The highest BCUT2D eigenvalue weighted by Gasteiger charge is 2.16. The van der Waals surface area contributed by atoms with Crippen molar-refractivity contribution in [2.24, 2.45) is 0 Å². The summed E-state index contributed by atoms with van der Waals surface area (Å²) in [6.07, 6.45) is 0.617. The van der Waals surface area contributed by atoms with Crippen molar-refractivity contribution < 1.29 is 9.72 Å². The molecule has 6 nitrogen and oxygen atoms in total. The van der Waals surface area contributed by atoms with Gasteiger partial charge in [0.15, 0.2) is 0 Å². The second-order valence-electron chi connectivity index (χ2n) is 4.29. The van der Waals surface area contributed by atoms with Gasteiger partial charge in [-0.15, -0.1) is 11.3 Å². The van der Waals surface area contributed by atoms with Crippen molar-refractivity contribution in [1.82, 2.24) is 10.3 Å². The Morgan fingerprint density at radius 2 is 2.29 bits per heavy atom. The van der Waals surface area contributed by atoms with Crippen LogP contribution in [0.1, 0.15) is 21.1 Å². The second kappa shape index (κ2) is 6.64. The van der Waals surface area contributed by atoms with E-state index in [1.54, 1.807) is 11.3 Å². The number of thiazole rings is 1. The van der Waals surface area contributed by atoms with Gasteiger partial charge in [0.1, 0.15) is 5.02 Å². The molecule has 0 aliphatic carbocycles. The predicted octanol–water partition coefficient (Wildman–Crippen LogP) is 2.99. The van der Waals surface area contributed by atoms with Crippen molar-refractivity contribution in [1.29, 1.82) is 0 Å². The Kier molecular flexibility index (Phi) is 4.87. The number of amides is 1. The van der Waals surface area contributed by atoms with Crippen molar-refractivity contribution >= 4 is 34.5 Å². The van der Waals surface area contributed by atoms with Crippen LogP contribution in [0, 0.1) is 17.0 Å². The van der Waals surface area contributed by atoms with E-state index in [0.717, 1.165) is 10.7 Å². The zero-order valence-corrected chi connectivity index (χ0v) is 12.7. The molecule has 0 fully saturated rings. The van der Waals surface area contributed by atoms with Gasteiger partial charge in [-0.05, 0) is 19.1 Å². The minimum Gasteiger partial charge on any atom is -0.352 e. The fourth-order valence-electron chi connectivity index (χ4n) is 1.72. The first-order chi connectivity index (χ1) is 9.97. The average molecular weight is 326 g/mol. The lowest BCUT2D eigenvalue weighted by atomic mass is 10.2. The molecule has 0 radical (unpaired) electrons. The lowest BCUT2D eigenvalue weighted by Gasteiger charge is -2.04. The summed E-state index contributed by atoms with van der Waals surface area (Å²) >= 11 is 7.26. The molecule has 8 heteroatoms. The molecule has 2 rings (SSSR count). The number of hydrogen-bond donors (Lipinski definition) is 1. The minimum absolute atomic E-state index is 0.00879. The van der Waals surface area contributed by atoms with E-state index in [2.05, 4.69) is 10.3 Å². The number of nitrogens with zero attached hydrogens (tertiary/aromatic N) is 2. The Bertz CT molecular complexity index is 687. The molecule has 0 aliphatic heterocycles. The molecule has 0 bridgehead atoms. The molecule has 0 unspecified atom stereocenters. The zero-order valence-electron chi connectivity index (χ0n) is 11.1. The first-order valence-corrected chi connectivity index (χ1v) is 7.36. The molecular weight excluding hydrogens is 314 g/mol. The lowest BCUT2D eigenvalue weighted by molar-refractivity contribution is -0.384. The van der Waals surface area contributed by atoms with Crippen LogP contribution in [-0.2, 0) is 6.42 Å². The number of hydrogen-bond acceptors (Lipinski definition) is 5. The summed E-state index contributed by atoms with van der Waals surface area (Å²) in [5.41, 5.74) is 0.847. The fourth-order valence-corrected chi connectivity index (χ4v) is 2.56. The second-order valence-corrected chi connectivity index (χ2v) is 5.76. The van der Waals surface area contributed by atoms with Gasteiger partial charge in [-0.25, -0.2) is 4.98 Å². The van der Waals surface area contributed by atoms with Gasteiger partial charge in [0, 0.05) is 30.0 Å². The van der Waals surface area contributed by atoms with Crippen molar-refractivity contribution in [3.8, 4) is 0 Å². The number of rotatable bonds is 5. The van der Waals surface area contributed by atoms with Crippen LogP contribution in [0.3, 0.4) is 0 Å². The summed E-state index contributed by atoms with van der Waals surface area (Å²) in [5, 5.41) is 16.4. The monoisotopic (exact) mass is 325 g/mol. The van der Waals surface area contributed by atoms with E-state index >= 15 is 0 Å². The smallest absolute Gasteiger partial charge is 0.288 e. The van der Waals surface area contributed by atoms with Crippen LogP contribution in [0.5, 0.6) is 0 Å². The van der Waals surface area contributed by atoms with E-state index in [1.807, 2.05) is 12.3 Å². The number of carbonyl (C=O) groups is 1. The van der Waals surface area contributed by atoms with Gasteiger partial charge in [0.05, 0.1) is 15.6 Å². The molecule has 0 aliphatic rings. The van der Waals surface area contributed by atoms with Gasteiger partial charge < -0.3 is 5.32 Å². The van der Waals surface area contributed by atoms with Crippen LogP contribution in [-0.4, -0.2) is 22.4 Å². The highest BCUT2D eigenvalue weighted by molar-refractivity contribution is 7.09. The number of aromatic nitrogens is 1. The summed E-state index contributed by atoms with van der Waals surface area (Å²) in [7, 11) is 0. The number of nitrogens with one attached hydrogen (secondary N) is 1. The molecule has 0 spiro atoms. The normalized spacial score (nSPS) is 10.4. The minimum atomic E-state index is -0.614. The Hall–Kier alpha value is -1.99. The van der Waals surface area contributed by atoms with Crippen LogP contribution < -0.4 is 5.32 Å². The summed E-state index contributed by atoms with van der Waals surface area (Å²) < 4.78 is 0. The lowest BCUT2D eigenvalue weighted by Crippen LogP contribution is -2.25. The summed E-state index contributed by atoms with van der Waals surface area (Å²) in [5.74, 6) is -0.373. The Morgan fingerprint density at radius 3 is 2.90 bits per heavy atom. The maximum Gasteiger partial charge on any atom is 0.288 e. The van der Waals surface area contributed by atoms with Gasteiger partial charge in [-0.2, -0.15) is 0 Å². The largest absolute Gasteiger partial charge is 0.352 e. The van der Waals surface area contributed by atoms with Crippen LogP contribution in [0.15, 0.2) is 23.6 Å². The molecule has 21 heavy (non-hydrogen) atoms. The maximum atomic E-state index is 11.9. The van der Waals surface area contributed by atoms with Gasteiger partial charge in [-0.3, -0.25) is 14.9 Å². The van der Waals surface area contributed by atoms with Crippen molar-refractivity contribution in [2.75, 3.05) is 6.54 Å². The Morgan fingerprint density at radius 1 is 1.52 bits per heavy atom. The molecule has 1 aromatic carbocycles. The van der Waals surface area contributed by atoms with E-state index < -0.39 is 4.92 Å². The zero-order chi connectivity index (χ0) is 15.4. The SMILES string of the molecule is Cc1nc(CCNC(=O)c2ccc(Cl)c([N+](=O)[O-])c2)cs1. The maximum absolute atomic E-state index is 11.9. The van der Waals surface area contributed by atoms with Gasteiger partial charge >= 0.3 is 0 Å². The highest BCUT2D eigenvalue weighted by Crippen LogP contribution is 2.24. The van der Waals surface area contributed by atoms with Crippen LogP contribution in [0.25, 0.3) is 0 Å². The summed E-state index contributed by atoms with van der Waals surface area (Å²) in [6.45, 7) is 2.33. The molecule has 0 atom stereocenters. The average Bonchev–Trinajstić information content (AvgIpc) is 2.84. The quantitative estimate of drug-likeness (QED) is 0.676. The summed E-state index contributed by atoms with van der Waals surface area (Å²) in [4.78, 5) is 26.4. The molecule has 1 heterocycles. The van der Waals surface area contributed by atoms with Crippen molar-refractivity contribution in [3.05, 3.63) is 55.0 Å². The molecule has 1 aromatic heterocycles. The highest BCUT2D eigenvalue weighted by atomic mass is 35.5. The van der Waals surface area contributed by atoms with E-state index in [0.29, 0.717) is 13.0 Å². The third-order valence-electron chi connectivity index (χ3n) is 2.74. The third kappa shape index (κ3) is 3.99. The number of aryl methyl sites for hydroxylation is 1. The molecule has 0 saturated heterocycles. The first-order valence-electron chi connectivity index (χ1n) is 6.10. The molecule has 1 N–H and O–H groups in total. The fraction of sp³-hybridized carbons (Fsp3) is 0.231. The van der Waals surface area contributed by atoms with E-state index in [4.69, 9.17) is 11.6 Å². The molecule has 1 amide bonds. The number of carbonyl (C=O) groups excluding carboxylic acids is 1. The Balaban J connectivity index is 1.97. The summed E-state index contributed by atoms with van der Waals surface area (Å²) in [6, 6.07) is 3.97. The van der Waals surface area contributed by atoms with E-state index in [1.165, 1.54) is 18.2 Å². The van der Waals surface area contributed by atoms with E-state index in [-0.39, 0.29) is 22.2 Å². The van der Waals surface area contributed by atoms with Crippen LogP contribution in [0.4, 0.5) is 5.69 Å². The first kappa shape index (κ1) is 15.4. The van der Waals surface area contributed by atoms with E-state index in [9.17, 15) is 14.9 Å². The van der Waals surface area contributed by atoms with Crippen molar-refractivity contribution in [3.63, 3.8) is 0 Å². The van der Waals surface area contributed by atoms with Gasteiger partial charge in [-0.1, -0.05) is 11.6 Å². The molecular formula is C13H12ClN3O3S. The van der Waals surface area contributed by atoms with Gasteiger partial charge in [0.2, 0.25) is 0 Å². The number of halogens is 1. The third-order valence-corrected chi connectivity index (χ3v) is 3.88. The molecule has 0 saturated carbocycles. The van der Waals surface area contributed by atoms with Crippen molar-refractivity contribution in [2.45, 2.75) is 13.3 Å². The molecule has 110 valence electrons.